The summed E-state index contributed by atoms with van der Waals surface area (Å²) in [6.45, 7) is 8.41. The Kier molecular flexibility index (Phi) is 4.33. The molecule has 2 saturated heterocycles. The highest BCUT2D eigenvalue weighted by molar-refractivity contribution is 7.14. The van der Waals surface area contributed by atoms with Crippen LogP contribution in [0.25, 0.3) is 0 Å². The van der Waals surface area contributed by atoms with Crippen molar-refractivity contribution in [3.05, 3.63) is 21.9 Å². The number of piperidine rings is 1. The van der Waals surface area contributed by atoms with Crippen LogP contribution in [0.2, 0.25) is 0 Å². The van der Waals surface area contributed by atoms with E-state index in [1.165, 1.54) is 4.88 Å². The predicted octanol–water partition coefficient (Wildman–Crippen LogP) is 2.47. The average Bonchev–Trinajstić information content (AvgIpc) is 2.97. The Hall–Kier alpha value is -0.910. The summed E-state index contributed by atoms with van der Waals surface area (Å²) >= 11 is 1.63. The van der Waals surface area contributed by atoms with Gasteiger partial charge in [-0.25, -0.2) is 0 Å². The van der Waals surface area contributed by atoms with Crippen LogP contribution in [-0.4, -0.2) is 49.2 Å². The first-order valence-corrected chi connectivity index (χ1v) is 8.65. The lowest BCUT2D eigenvalue weighted by Crippen LogP contribution is -2.57. The topological polar surface area (TPSA) is 41.6 Å². The number of thiophene rings is 1. The van der Waals surface area contributed by atoms with Gasteiger partial charge in [0.2, 0.25) is 0 Å². The minimum Gasteiger partial charge on any atom is -0.371 e. The van der Waals surface area contributed by atoms with Gasteiger partial charge in [-0.3, -0.25) is 4.79 Å². The second-order valence-electron chi connectivity index (χ2n) is 6.36. The lowest BCUT2D eigenvalue weighted by Gasteiger charge is -2.45. The van der Waals surface area contributed by atoms with E-state index in [1.54, 1.807) is 11.3 Å². The van der Waals surface area contributed by atoms with Crippen LogP contribution in [0.15, 0.2) is 12.1 Å². The van der Waals surface area contributed by atoms with E-state index in [0.717, 1.165) is 37.4 Å². The van der Waals surface area contributed by atoms with Crippen LogP contribution in [0.1, 0.15) is 47.2 Å². The first kappa shape index (κ1) is 15.0. The third kappa shape index (κ3) is 3.15. The molecule has 0 atom stereocenters. The molecule has 1 N–H and O–H groups in total. The zero-order valence-corrected chi connectivity index (χ0v) is 13.7. The average molecular weight is 308 g/mol. The van der Waals surface area contributed by atoms with Crippen LogP contribution in [0, 0.1) is 0 Å². The van der Waals surface area contributed by atoms with Crippen LogP contribution in [0.5, 0.6) is 0 Å². The van der Waals surface area contributed by atoms with Gasteiger partial charge in [0, 0.05) is 11.4 Å². The Morgan fingerprint density at radius 1 is 1.38 bits per heavy atom. The third-order valence-corrected chi connectivity index (χ3v) is 5.83. The fraction of sp³-hybridized carbons (Fsp3) is 0.688. The van der Waals surface area contributed by atoms with Crippen molar-refractivity contribution < 1.29 is 9.53 Å². The maximum Gasteiger partial charge on any atom is 0.264 e. The van der Waals surface area contributed by atoms with Gasteiger partial charge < -0.3 is 15.0 Å². The molecule has 4 nitrogen and oxygen atoms in total. The van der Waals surface area contributed by atoms with E-state index in [4.69, 9.17) is 4.74 Å². The van der Waals surface area contributed by atoms with Crippen molar-refractivity contribution in [1.82, 2.24) is 10.2 Å². The van der Waals surface area contributed by atoms with Crippen LogP contribution in [0.4, 0.5) is 0 Å². The molecule has 0 saturated carbocycles. The molecular formula is C16H24N2O2S. The Bertz CT molecular complexity index is 501. The van der Waals surface area contributed by atoms with Crippen molar-refractivity contribution >= 4 is 17.2 Å². The van der Waals surface area contributed by atoms with Crippen molar-refractivity contribution in [2.24, 2.45) is 0 Å². The standard InChI is InChI=1S/C16H24N2O2S/c1-12(2)13-3-4-14(21-13)15(19)18-9-10-20-16(11-18)5-7-17-8-6-16/h3-4,12,17H,5-11H2,1-2H3. The Labute approximate surface area is 130 Å². The fourth-order valence-corrected chi connectivity index (χ4v) is 4.12. The van der Waals surface area contributed by atoms with Gasteiger partial charge in [-0.15, -0.1) is 11.3 Å². The number of nitrogens with zero attached hydrogens (tertiary/aromatic N) is 1. The summed E-state index contributed by atoms with van der Waals surface area (Å²) in [5, 5.41) is 3.37. The van der Waals surface area contributed by atoms with Gasteiger partial charge in [-0.05, 0) is 44.0 Å². The van der Waals surface area contributed by atoms with E-state index in [-0.39, 0.29) is 11.5 Å². The molecule has 0 radical (unpaired) electrons. The molecule has 116 valence electrons. The summed E-state index contributed by atoms with van der Waals surface area (Å²) < 4.78 is 6.04. The highest BCUT2D eigenvalue weighted by atomic mass is 32.1. The van der Waals surface area contributed by atoms with Crippen molar-refractivity contribution in [3.8, 4) is 0 Å². The minimum atomic E-state index is -0.114. The normalized spacial score (nSPS) is 22.0. The molecule has 1 spiro atoms. The second-order valence-corrected chi connectivity index (χ2v) is 7.48. The van der Waals surface area contributed by atoms with Gasteiger partial charge in [0.05, 0.1) is 23.6 Å². The summed E-state index contributed by atoms with van der Waals surface area (Å²) in [5.41, 5.74) is -0.114. The minimum absolute atomic E-state index is 0.114. The molecule has 1 amide bonds. The summed E-state index contributed by atoms with van der Waals surface area (Å²) in [6, 6.07) is 4.07. The molecule has 2 aliphatic rings. The van der Waals surface area contributed by atoms with Gasteiger partial charge in [0.25, 0.3) is 5.91 Å². The predicted molar refractivity (Wildman–Crippen MR) is 85.1 cm³/mol. The molecule has 0 aliphatic carbocycles. The van der Waals surface area contributed by atoms with Crippen molar-refractivity contribution in [1.29, 1.82) is 0 Å². The van der Waals surface area contributed by atoms with Gasteiger partial charge >= 0.3 is 0 Å². The Balaban J connectivity index is 1.71. The number of amides is 1. The van der Waals surface area contributed by atoms with E-state index in [9.17, 15) is 4.79 Å². The molecular weight excluding hydrogens is 284 g/mol. The molecule has 0 unspecified atom stereocenters. The first-order chi connectivity index (χ1) is 10.1. The number of hydrogen-bond acceptors (Lipinski definition) is 4. The van der Waals surface area contributed by atoms with Crippen LogP contribution in [0.3, 0.4) is 0 Å². The molecule has 1 aromatic rings. The molecule has 2 aliphatic heterocycles. The number of morpholine rings is 1. The molecule has 0 bridgehead atoms. The van der Waals surface area contributed by atoms with Crippen molar-refractivity contribution in [2.45, 2.75) is 38.2 Å². The molecule has 3 heterocycles. The van der Waals surface area contributed by atoms with E-state index in [1.807, 2.05) is 11.0 Å². The zero-order chi connectivity index (χ0) is 14.9. The number of nitrogens with one attached hydrogen (secondary N) is 1. The van der Waals surface area contributed by atoms with E-state index in [0.29, 0.717) is 19.1 Å². The lowest BCUT2D eigenvalue weighted by atomic mass is 9.90. The number of carbonyl (C=O) groups excluding carboxylic acids is 1. The van der Waals surface area contributed by atoms with Gasteiger partial charge in [-0.1, -0.05) is 13.8 Å². The van der Waals surface area contributed by atoms with E-state index in [2.05, 4.69) is 25.2 Å². The molecule has 5 heteroatoms. The van der Waals surface area contributed by atoms with Crippen molar-refractivity contribution in [2.75, 3.05) is 32.8 Å². The smallest absolute Gasteiger partial charge is 0.264 e. The molecule has 1 aromatic heterocycles. The van der Waals surface area contributed by atoms with Gasteiger partial charge in [-0.2, -0.15) is 0 Å². The fourth-order valence-electron chi connectivity index (χ4n) is 3.14. The lowest BCUT2D eigenvalue weighted by molar-refractivity contribution is -0.114. The van der Waals surface area contributed by atoms with Gasteiger partial charge in [0.1, 0.15) is 0 Å². The van der Waals surface area contributed by atoms with Crippen LogP contribution < -0.4 is 5.32 Å². The molecule has 21 heavy (non-hydrogen) atoms. The quantitative estimate of drug-likeness (QED) is 0.912. The summed E-state index contributed by atoms with van der Waals surface area (Å²) in [5.74, 6) is 0.658. The summed E-state index contributed by atoms with van der Waals surface area (Å²) in [4.78, 5) is 16.9. The maximum absolute atomic E-state index is 12.7. The highest BCUT2D eigenvalue weighted by Crippen LogP contribution is 2.30. The number of ether oxygens (including phenoxy) is 1. The summed E-state index contributed by atoms with van der Waals surface area (Å²) in [7, 11) is 0. The SMILES string of the molecule is CC(C)c1ccc(C(=O)N2CCOC3(CCNCC3)C2)s1. The number of rotatable bonds is 2. The zero-order valence-electron chi connectivity index (χ0n) is 12.9. The van der Waals surface area contributed by atoms with E-state index >= 15 is 0 Å². The van der Waals surface area contributed by atoms with Crippen LogP contribution in [-0.2, 0) is 4.74 Å². The second kappa shape index (κ2) is 6.07. The summed E-state index contributed by atoms with van der Waals surface area (Å²) in [6.07, 6.45) is 2.00. The number of carbonyl (C=O) groups is 1. The third-order valence-electron chi connectivity index (χ3n) is 4.46. The largest absolute Gasteiger partial charge is 0.371 e. The Morgan fingerprint density at radius 3 is 2.81 bits per heavy atom. The highest BCUT2D eigenvalue weighted by Gasteiger charge is 2.39. The number of hydrogen-bond donors (Lipinski definition) is 1. The first-order valence-electron chi connectivity index (χ1n) is 7.83. The monoisotopic (exact) mass is 308 g/mol. The molecule has 0 aromatic carbocycles. The van der Waals surface area contributed by atoms with E-state index < -0.39 is 0 Å². The molecule has 3 rings (SSSR count). The van der Waals surface area contributed by atoms with Crippen molar-refractivity contribution in [3.63, 3.8) is 0 Å². The molecule has 2 fully saturated rings. The maximum atomic E-state index is 12.7. The van der Waals surface area contributed by atoms with Crippen LogP contribution >= 0.6 is 11.3 Å². The Morgan fingerprint density at radius 2 is 2.14 bits per heavy atom. The van der Waals surface area contributed by atoms with Gasteiger partial charge in [0.15, 0.2) is 0 Å².